The summed E-state index contributed by atoms with van der Waals surface area (Å²) in [6, 6.07) is 8.27. The van der Waals surface area contributed by atoms with Crippen LogP contribution in [0.4, 0.5) is 10.1 Å². The van der Waals surface area contributed by atoms with E-state index in [9.17, 15) is 4.39 Å². The molecule has 146 valence electrons. The van der Waals surface area contributed by atoms with Crippen molar-refractivity contribution in [1.82, 2.24) is 15.1 Å². The summed E-state index contributed by atoms with van der Waals surface area (Å²) in [6.07, 6.45) is 2.65. The van der Waals surface area contributed by atoms with Gasteiger partial charge in [-0.1, -0.05) is 12.1 Å². The predicted octanol–water partition coefficient (Wildman–Crippen LogP) is 2.62. The number of nitrogens with one attached hydrogen (secondary N) is 1. The highest BCUT2D eigenvalue weighted by Crippen LogP contribution is 2.26. The molecule has 2 fully saturated rings. The third-order valence-corrected chi connectivity index (χ3v) is 5.36. The second-order valence-corrected chi connectivity index (χ2v) is 7.10. The lowest BCUT2D eigenvalue weighted by Crippen LogP contribution is -2.54. The molecule has 1 atom stereocenters. The third kappa shape index (κ3) is 5.22. The summed E-state index contributed by atoms with van der Waals surface area (Å²) in [6.45, 7) is 6.46. The Bertz CT molecular complexity index is 599. The highest BCUT2D eigenvalue weighted by Gasteiger charge is 2.29. The van der Waals surface area contributed by atoms with E-state index in [1.165, 1.54) is 18.9 Å². The van der Waals surface area contributed by atoms with Crippen LogP contribution in [0.1, 0.15) is 19.8 Å². The van der Waals surface area contributed by atoms with Gasteiger partial charge in [0, 0.05) is 51.9 Å². The molecule has 1 aromatic carbocycles. The van der Waals surface area contributed by atoms with Crippen molar-refractivity contribution < 1.29 is 4.39 Å². The van der Waals surface area contributed by atoms with Crippen LogP contribution >= 0.6 is 24.0 Å². The van der Waals surface area contributed by atoms with Gasteiger partial charge in [0.2, 0.25) is 0 Å². The first-order chi connectivity index (χ1) is 12.1. The second-order valence-electron chi connectivity index (χ2n) is 7.10. The molecule has 0 amide bonds. The average molecular weight is 475 g/mol. The van der Waals surface area contributed by atoms with Crippen molar-refractivity contribution in [3.05, 3.63) is 30.1 Å². The van der Waals surface area contributed by atoms with E-state index >= 15 is 0 Å². The highest BCUT2D eigenvalue weighted by atomic mass is 127. The largest absolute Gasteiger partial charge is 0.366 e. The molecule has 1 saturated heterocycles. The zero-order chi connectivity index (χ0) is 17.8. The first kappa shape index (κ1) is 21.2. The molecule has 7 heteroatoms. The number of benzene rings is 1. The van der Waals surface area contributed by atoms with Crippen LogP contribution in [0.3, 0.4) is 0 Å². The lowest BCUT2D eigenvalue weighted by atomic mass is 10.2. The average Bonchev–Trinajstić information content (AvgIpc) is 3.47. The van der Waals surface area contributed by atoms with Gasteiger partial charge in [0.25, 0.3) is 0 Å². The number of nitrogens with zero attached hydrogens (tertiary/aromatic N) is 4. The first-order valence-electron chi connectivity index (χ1n) is 9.27. The Kier molecular flexibility index (Phi) is 7.94. The van der Waals surface area contributed by atoms with Crippen molar-refractivity contribution in [3.8, 4) is 0 Å². The van der Waals surface area contributed by atoms with Crippen LogP contribution in [0.25, 0.3) is 0 Å². The molecular formula is C19H31FIN5. The summed E-state index contributed by atoms with van der Waals surface area (Å²) >= 11 is 0. The van der Waals surface area contributed by atoms with Gasteiger partial charge in [-0.15, -0.1) is 24.0 Å². The van der Waals surface area contributed by atoms with Gasteiger partial charge in [-0.25, -0.2) is 4.39 Å². The highest BCUT2D eigenvalue weighted by molar-refractivity contribution is 14.0. The summed E-state index contributed by atoms with van der Waals surface area (Å²) in [5, 5.41) is 3.51. The zero-order valence-corrected chi connectivity index (χ0v) is 18.3. The smallest absolute Gasteiger partial charge is 0.193 e. The number of hydrogen-bond acceptors (Lipinski definition) is 3. The van der Waals surface area contributed by atoms with Crippen molar-refractivity contribution in [3.63, 3.8) is 0 Å². The quantitative estimate of drug-likeness (QED) is 0.404. The minimum Gasteiger partial charge on any atom is -0.366 e. The molecule has 0 aromatic heterocycles. The van der Waals surface area contributed by atoms with Crippen LogP contribution in [-0.2, 0) is 0 Å². The molecule has 0 radical (unpaired) electrons. The fraction of sp³-hybridized carbons (Fsp3) is 0.632. The Labute approximate surface area is 173 Å². The van der Waals surface area contributed by atoms with Crippen LogP contribution in [0.2, 0.25) is 0 Å². The maximum absolute atomic E-state index is 14.0. The SMILES string of the molecule is CN=C(NCC(C)N(C)C1CC1)N1CCN(c2ccccc2F)CC1.I. The van der Waals surface area contributed by atoms with E-state index in [0.717, 1.165) is 44.7 Å². The van der Waals surface area contributed by atoms with Gasteiger partial charge in [0.15, 0.2) is 5.96 Å². The summed E-state index contributed by atoms with van der Waals surface area (Å²) in [4.78, 5) is 11.3. The normalized spacial score (nSPS) is 19.3. The number of likely N-dealkylation sites (N-methyl/N-ethyl adjacent to an activating group) is 1. The summed E-state index contributed by atoms with van der Waals surface area (Å²) in [5.41, 5.74) is 0.699. The minimum atomic E-state index is -0.143. The molecule has 1 N–H and O–H groups in total. The van der Waals surface area contributed by atoms with Crippen LogP contribution in [0, 0.1) is 5.82 Å². The van der Waals surface area contributed by atoms with E-state index in [2.05, 4.69) is 39.0 Å². The lowest BCUT2D eigenvalue weighted by Gasteiger charge is -2.38. The fourth-order valence-corrected chi connectivity index (χ4v) is 3.42. The third-order valence-electron chi connectivity index (χ3n) is 5.36. The van der Waals surface area contributed by atoms with Gasteiger partial charge in [-0.3, -0.25) is 9.89 Å². The van der Waals surface area contributed by atoms with Crippen molar-refractivity contribution in [2.75, 3.05) is 51.7 Å². The number of hydrogen-bond donors (Lipinski definition) is 1. The van der Waals surface area contributed by atoms with E-state index in [1.807, 2.05) is 19.2 Å². The summed E-state index contributed by atoms with van der Waals surface area (Å²) < 4.78 is 14.0. The van der Waals surface area contributed by atoms with E-state index in [4.69, 9.17) is 0 Å². The van der Waals surface area contributed by atoms with Crippen molar-refractivity contribution in [2.45, 2.75) is 31.8 Å². The Morgan fingerprint density at radius 1 is 1.27 bits per heavy atom. The van der Waals surface area contributed by atoms with Crippen molar-refractivity contribution in [2.24, 2.45) is 4.99 Å². The van der Waals surface area contributed by atoms with Crippen LogP contribution in [0.15, 0.2) is 29.3 Å². The monoisotopic (exact) mass is 475 g/mol. The van der Waals surface area contributed by atoms with Crippen molar-refractivity contribution >= 4 is 35.6 Å². The van der Waals surface area contributed by atoms with Gasteiger partial charge in [-0.05, 0) is 38.9 Å². The number of rotatable bonds is 5. The topological polar surface area (TPSA) is 34.1 Å². The van der Waals surface area contributed by atoms with Gasteiger partial charge in [-0.2, -0.15) is 0 Å². The molecule has 0 bridgehead atoms. The molecule has 1 unspecified atom stereocenters. The number of guanidine groups is 1. The summed E-state index contributed by atoms with van der Waals surface area (Å²) in [7, 11) is 4.04. The number of anilines is 1. The molecule has 1 heterocycles. The molecule has 3 rings (SSSR count). The van der Waals surface area contributed by atoms with E-state index in [1.54, 1.807) is 6.07 Å². The number of halogens is 2. The number of piperazine rings is 1. The second kappa shape index (κ2) is 9.73. The molecule has 2 aliphatic rings. The van der Waals surface area contributed by atoms with Gasteiger partial charge < -0.3 is 15.1 Å². The van der Waals surface area contributed by atoms with Crippen LogP contribution < -0.4 is 10.2 Å². The van der Waals surface area contributed by atoms with E-state index in [0.29, 0.717) is 11.7 Å². The Hall–Kier alpha value is -1.09. The molecular weight excluding hydrogens is 444 g/mol. The van der Waals surface area contributed by atoms with E-state index in [-0.39, 0.29) is 29.8 Å². The van der Waals surface area contributed by atoms with Gasteiger partial charge in [0.1, 0.15) is 5.82 Å². The van der Waals surface area contributed by atoms with Gasteiger partial charge in [0.05, 0.1) is 5.69 Å². The standard InChI is InChI=1S/C19H30FN5.HI/c1-15(23(3)16-8-9-16)14-22-19(21-2)25-12-10-24(11-13-25)18-7-5-4-6-17(18)20;/h4-7,15-16H,8-14H2,1-3H3,(H,21,22);1H. The minimum absolute atomic E-state index is 0. The molecule has 1 aliphatic heterocycles. The van der Waals surface area contributed by atoms with Crippen LogP contribution in [0.5, 0.6) is 0 Å². The van der Waals surface area contributed by atoms with Gasteiger partial charge >= 0.3 is 0 Å². The molecule has 1 aliphatic carbocycles. The Morgan fingerprint density at radius 2 is 1.92 bits per heavy atom. The van der Waals surface area contributed by atoms with Crippen LogP contribution in [-0.4, -0.2) is 74.7 Å². The molecule has 26 heavy (non-hydrogen) atoms. The molecule has 1 saturated carbocycles. The predicted molar refractivity (Wildman–Crippen MR) is 117 cm³/mol. The Morgan fingerprint density at radius 3 is 2.50 bits per heavy atom. The molecule has 0 spiro atoms. The molecule has 5 nitrogen and oxygen atoms in total. The Balaban J connectivity index is 0.00000243. The maximum Gasteiger partial charge on any atom is 0.193 e. The van der Waals surface area contributed by atoms with E-state index < -0.39 is 0 Å². The zero-order valence-electron chi connectivity index (χ0n) is 16.0. The summed E-state index contributed by atoms with van der Waals surface area (Å²) in [5.74, 6) is 0.805. The maximum atomic E-state index is 14.0. The fourth-order valence-electron chi connectivity index (χ4n) is 3.42. The lowest BCUT2D eigenvalue weighted by molar-refractivity contribution is 0.245. The number of aliphatic imine (C=N–C) groups is 1. The van der Waals surface area contributed by atoms with Crippen molar-refractivity contribution in [1.29, 1.82) is 0 Å². The first-order valence-corrected chi connectivity index (χ1v) is 9.27. The molecule has 1 aromatic rings. The number of para-hydroxylation sites is 1.